The average Bonchev–Trinajstić information content (AvgIpc) is 1.69. The Kier molecular flexibility index (Phi) is 12.1. The molecule has 0 aromatic rings. The summed E-state index contributed by atoms with van der Waals surface area (Å²) < 4.78 is 0. The summed E-state index contributed by atoms with van der Waals surface area (Å²) in [5.41, 5.74) is 1.44. The molecule has 0 radical (unpaired) electrons. The fraction of sp³-hybridized carbons (Fsp3) is 0.667. The first-order valence-corrected chi connectivity index (χ1v) is 1.99. The zero-order valence-corrected chi connectivity index (χ0v) is 4.59. The van der Waals surface area contributed by atoms with Crippen LogP contribution in [0.1, 0.15) is 6.92 Å². The normalized spacial score (nSPS) is 6.38. The fourth-order valence-corrected chi connectivity index (χ4v) is 0. The second-order valence-corrected chi connectivity index (χ2v) is 0.766. The van der Waals surface area contributed by atoms with Crippen LogP contribution in [0.5, 0.6) is 0 Å². The highest BCUT2D eigenvalue weighted by molar-refractivity contribution is 5.63. The summed E-state index contributed by atoms with van der Waals surface area (Å²) in [4.78, 5) is 9.13. The summed E-state index contributed by atoms with van der Waals surface area (Å²) in [5, 5.41) is 15.1. The van der Waals surface area contributed by atoms with Crippen LogP contribution in [0.25, 0.3) is 0 Å². The summed E-state index contributed by atoms with van der Waals surface area (Å²) in [7, 11) is 0. The van der Waals surface area contributed by atoms with Crippen LogP contribution in [0.2, 0.25) is 0 Å². The summed E-state index contributed by atoms with van der Waals surface area (Å²) in [6.45, 7) is 1.93. The van der Waals surface area contributed by atoms with Crippen LogP contribution in [0.3, 0.4) is 0 Å². The topological polar surface area (TPSA) is 95.6 Å². The maximum atomic E-state index is 9.13. The number of carbonyl (C=O) groups is 1. The third-order valence-corrected chi connectivity index (χ3v) is 0.123. The Morgan fingerprint density at radius 3 is 2.00 bits per heavy atom. The first-order chi connectivity index (χ1) is 3.68. The number of nitrogens with one attached hydrogen (secondary N) is 1. The SMILES string of the molecule is CCO.NNC(=O)O. The molecule has 5 N–H and O–H groups in total. The monoisotopic (exact) mass is 122 g/mol. The van der Waals surface area contributed by atoms with Gasteiger partial charge in [-0.25, -0.2) is 10.6 Å². The maximum absolute atomic E-state index is 9.13. The van der Waals surface area contributed by atoms with Crippen LogP contribution in [-0.2, 0) is 0 Å². The molecule has 0 fully saturated rings. The van der Waals surface area contributed by atoms with Crippen molar-refractivity contribution in [1.82, 2.24) is 5.43 Å². The standard InChI is InChI=1S/C2H6O.CH4N2O2/c1-2-3;2-3-1(4)5/h3H,2H2,1H3;3H,2H2,(H,4,5). The highest BCUT2D eigenvalue weighted by Crippen LogP contribution is 1.42. The molecule has 0 unspecified atom stereocenters. The minimum atomic E-state index is -1.22. The van der Waals surface area contributed by atoms with Crippen molar-refractivity contribution in [2.24, 2.45) is 5.84 Å². The Labute approximate surface area is 47.1 Å². The van der Waals surface area contributed by atoms with E-state index in [2.05, 4.69) is 5.84 Å². The molecule has 0 heterocycles. The Balaban J connectivity index is 0. The molecule has 0 saturated heterocycles. The third-order valence-electron chi connectivity index (χ3n) is 0.123. The summed E-state index contributed by atoms with van der Waals surface area (Å²) >= 11 is 0. The van der Waals surface area contributed by atoms with Crippen molar-refractivity contribution in [2.75, 3.05) is 6.61 Å². The summed E-state index contributed by atoms with van der Waals surface area (Å²) in [5.74, 6) is 4.32. The molecule has 8 heavy (non-hydrogen) atoms. The Bertz CT molecular complexity index is 56.5. The lowest BCUT2D eigenvalue weighted by atomic mass is 10.9. The lowest BCUT2D eigenvalue weighted by Crippen LogP contribution is -2.27. The minimum Gasteiger partial charge on any atom is -0.464 e. The van der Waals surface area contributed by atoms with Crippen molar-refractivity contribution in [2.45, 2.75) is 6.92 Å². The van der Waals surface area contributed by atoms with Gasteiger partial charge in [-0.3, -0.25) is 5.43 Å². The van der Waals surface area contributed by atoms with Crippen molar-refractivity contribution < 1.29 is 15.0 Å². The van der Waals surface area contributed by atoms with Gasteiger partial charge in [-0.15, -0.1) is 0 Å². The molecule has 0 aliphatic heterocycles. The van der Waals surface area contributed by atoms with Gasteiger partial charge in [-0.1, -0.05) is 0 Å². The van der Waals surface area contributed by atoms with Crippen LogP contribution >= 0.6 is 0 Å². The molecular weight excluding hydrogens is 112 g/mol. The molecule has 0 aliphatic rings. The molecule has 0 saturated carbocycles. The second kappa shape index (κ2) is 9.50. The van der Waals surface area contributed by atoms with Gasteiger partial charge in [-0.2, -0.15) is 0 Å². The van der Waals surface area contributed by atoms with Crippen molar-refractivity contribution in [3.63, 3.8) is 0 Å². The van der Waals surface area contributed by atoms with E-state index in [1.165, 1.54) is 5.43 Å². The molecule has 0 bridgehead atoms. The minimum absolute atomic E-state index is 0.250. The van der Waals surface area contributed by atoms with Gasteiger partial charge >= 0.3 is 6.09 Å². The van der Waals surface area contributed by atoms with Crippen molar-refractivity contribution in [1.29, 1.82) is 0 Å². The number of hydrogen-bond donors (Lipinski definition) is 4. The van der Waals surface area contributed by atoms with Crippen LogP contribution in [0.15, 0.2) is 0 Å². The van der Waals surface area contributed by atoms with Crippen LogP contribution < -0.4 is 11.3 Å². The lowest BCUT2D eigenvalue weighted by Gasteiger charge is -1.79. The Hall–Kier alpha value is -0.810. The van der Waals surface area contributed by atoms with Gasteiger partial charge < -0.3 is 10.2 Å². The van der Waals surface area contributed by atoms with Gasteiger partial charge in [0, 0.05) is 6.61 Å². The van der Waals surface area contributed by atoms with E-state index in [0.29, 0.717) is 0 Å². The van der Waals surface area contributed by atoms with E-state index in [0.717, 1.165) is 0 Å². The predicted octanol–water partition coefficient (Wildman–Crippen LogP) is -0.874. The van der Waals surface area contributed by atoms with E-state index in [4.69, 9.17) is 15.0 Å². The molecule has 0 rings (SSSR count). The molecule has 1 amide bonds. The number of hydrazine groups is 1. The molecule has 0 atom stereocenters. The van der Waals surface area contributed by atoms with E-state index < -0.39 is 6.09 Å². The highest BCUT2D eigenvalue weighted by atomic mass is 16.4. The molecule has 5 nitrogen and oxygen atoms in total. The van der Waals surface area contributed by atoms with Crippen LogP contribution in [0, 0.1) is 0 Å². The van der Waals surface area contributed by atoms with Gasteiger partial charge in [0.15, 0.2) is 0 Å². The molecule has 0 aromatic heterocycles. The number of nitrogens with two attached hydrogens (primary N) is 1. The maximum Gasteiger partial charge on any atom is 0.418 e. The first-order valence-electron chi connectivity index (χ1n) is 1.99. The van der Waals surface area contributed by atoms with Crippen LogP contribution in [0.4, 0.5) is 4.79 Å². The Morgan fingerprint density at radius 1 is 1.88 bits per heavy atom. The van der Waals surface area contributed by atoms with E-state index in [-0.39, 0.29) is 6.61 Å². The number of hydrogen-bond acceptors (Lipinski definition) is 3. The molecule has 0 aliphatic carbocycles. The van der Waals surface area contributed by atoms with E-state index in [9.17, 15) is 0 Å². The predicted molar refractivity (Wildman–Crippen MR) is 28.1 cm³/mol. The number of aliphatic hydroxyl groups is 1. The Morgan fingerprint density at radius 2 is 2.00 bits per heavy atom. The van der Waals surface area contributed by atoms with Crippen molar-refractivity contribution in [3.05, 3.63) is 0 Å². The van der Waals surface area contributed by atoms with E-state index in [1.54, 1.807) is 6.92 Å². The third kappa shape index (κ3) is 64.3. The zero-order chi connectivity index (χ0) is 6.99. The second-order valence-electron chi connectivity index (χ2n) is 0.766. The van der Waals surface area contributed by atoms with Crippen LogP contribution in [-0.4, -0.2) is 22.9 Å². The molecular formula is C3H10N2O3. The number of carboxylic acid groups (broad SMARTS) is 1. The number of aliphatic hydroxyl groups excluding tert-OH is 1. The van der Waals surface area contributed by atoms with Gasteiger partial charge in [0.05, 0.1) is 0 Å². The van der Waals surface area contributed by atoms with Crippen molar-refractivity contribution in [3.8, 4) is 0 Å². The fourth-order valence-electron chi connectivity index (χ4n) is 0. The number of amides is 1. The molecule has 0 aromatic carbocycles. The van der Waals surface area contributed by atoms with Gasteiger partial charge in [0.25, 0.3) is 0 Å². The molecule has 5 heteroatoms. The molecule has 50 valence electrons. The van der Waals surface area contributed by atoms with Gasteiger partial charge in [0.2, 0.25) is 0 Å². The number of rotatable bonds is 0. The summed E-state index contributed by atoms with van der Waals surface area (Å²) in [6.07, 6.45) is -1.22. The lowest BCUT2D eigenvalue weighted by molar-refractivity contribution is 0.194. The van der Waals surface area contributed by atoms with E-state index in [1.807, 2.05) is 0 Å². The summed E-state index contributed by atoms with van der Waals surface area (Å²) in [6, 6.07) is 0. The highest BCUT2D eigenvalue weighted by Gasteiger charge is 1.77. The largest absolute Gasteiger partial charge is 0.464 e. The average molecular weight is 122 g/mol. The van der Waals surface area contributed by atoms with Crippen molar-refractivity contribution >= 4 is 6.09 Å². The molecule has 0 spiro atoms. The quantitative estimate of drug-likeness (QED) is 0.191. The zero-order valence-electron chi connectivity index (χ0n) is 4.59. The first kappa shape index (κ1) is 10.2. The van der Waals surface area contributed by atoms with Gasteiger partial charge in [0.1, 0.15) is 0 Å². The smallest absolute Gasteiger partial charge is 0.418 e. The van der Waals surface area contributed by atoms with E-state index >= 15 is 0 Å². The van der Waals surface area contributed by atoms with Gasteiger partial charge in [-0.05, 0) is 6.92 Å².